The molecule has 2 atom stereocenters. The number of allylic oxidation sites excluding steroid dienone is 1. The fourth-order valence-corrected chi connectivity index (χ4v) is 4.90. The summed E-state index contributed by atoms with van der Waals surface area (Å²) in [6, 6.07) is 35.2. The second-order valence-corrected chi connectivity index (χ2v) is 10.9. The summed E-state index contributed by atoms with van der Waals surface area (Å²) in [5.74, 6) is 1.09. The van der Waals surface area contributed by atoms with Crippen LogP contribution in [0.2, 0.25) is 5.02 Å². The van der Waals surface area contributed by atoms with Crippen molar-refractivity contribution < 1.29 is 14.2 Å². The highest BCUT2D eigenvalue weighted by atomic mass is 35.5. The van der Waals surface area contributed by atoms with Crippen LogP contribution < -0.4 is 4.74 Å². The minimum atomic E-state index is -0.0596. The number of hydrogen-bond acceptors (Lipinski definition) is 3. The second kappa shape index (κ2) is 16.2. The highest BCUT2D eigenvalue weighted by molar-refractivity contribution is 6.31. The molecule has 4 heteroatoms. The average molecular weight is 569 g/mol. The van der Waals surface area contributed by atoms with Crippen molar-refractivity contribution in [1.29, 1.82) is 0 Å². The van der Waals surface area contributed by atoms with Crippen molar-refractivity contribution in [3.05, 3.63) is 148 Å². The zero-order valence-electron chi connectivity index (χ0n) is 24.4. The fraction of sp³-hybridized carbons (Fsp3) is 0.297. The van der Waals surface area contributed by atoms with Crippen molar-refractivity contribution in [3.63, 3.8) is 0 Å². The van der Waals surface area contributed by atoms with Gasteiger partial charge in [-0.3, -0.25) is 0 Å². The van der Waals surface area contributed by atoms with Crippen LogP contribution in [0.25, 0.3) is 0 Å². The Morgan fingerprint density at radius 2 is 1.41 bits per heavy atom. The first-order valence-corrected chi connectivity index (χ1v) is 14.8. The van der Waals surface area contributed by atoms with Crippen molar-refractivity contribution in [2.24, 2.45) is 5.92 Å². The first-order chi connectivity index (χ1) is 20.0. The highest BCUT2D eigenvalue weighted by Gasteiger charge is 2.20. The van der Waals surface area contributed by atoms with Gasteiger partial charge in [-0.15, -0.1) is 0 Å². The van der Waals surface area contributed by atoms with Crippen molar-refractivity contribution in [2.45, 2.75) is 52.9 Å². The van der Waals surface area contributed by atoms with Crippen LogP contribution in [0.5, 0.6) is 5.75 Å². The molecule has 0 aliphatic rings. The van der Waals surface area contributed by atoms with Crippen molar-refractivity contribution >= 4 is 11.6 Å². The molecular formula is C37H41ClO3. The smallest absolute Gasteiger partial charge is 0.119 e. The van der Waals surface area contributed by atoms with E-state index in [0.29, 0.717) is 26.4 Å². The molecule has 0 radical (unpaired) electrons. The standard InChI is InChI=1S/C37H41ClO3/c1-4-40-35-20-17-31(18-21-35)24-34-23-30(19-22-36(34)38)16-15-28(2)29(3)37(41-26-33-13-9-6-10-14-33)27-39-25-32-11-7-5-8-12-32/h5-15,17-23,29,37H,4,16,24-27H2,1-3H3. The summed E-state index contributed by atoms with van der Waals surface area (Å²) in [6.45, 7) is 8.74. The first-order valence-electron chi connectivity index (χ1n) is 14.4. The normalized spacial score (nSPS) is 13.1. The molecule has 3 nitrogen and oxygen atoms in total. The molecule has 2 unspecified atom stereocenters. The Morgan fingerprint density at radius 1 is 0.780 bits per heavy atom. The number of halogens is 1. The maximum absolute atomic E-state index is 6.59. The lowest BCUT2D eigenvalue weighted by Crippen LogP contribution is -2.28. The summed E-state index contributed by atoms with van der Waals surface area (Å²) >= 11 is 6.59. The maximum atomic E-state index is 6.59. The SMILES string of the molecule is CCOc1ccc(Cc2cc(CC=C(C)C(C)C(COCc3ccccc3)OCc3ccccc3)ccc2Cl)cc1. The van der Waals surface area contributed by atoms with Crippen LogP contribution in [-0.4, -0.2) is 19.3 Å². The summed E-state index contributed by atoms with van der Waals surface area (Å²) in [4.78, 5) is 0. The van der Waals surface area contributed by atoms with Gasteiger partial charge in [0.05, 0.1) is 32.5 Å². The van der Waals surface area contributed by atoms with Gasteiger partial charge in [0, 0.05) is 10.9 Å². The minimum absolute atomic E-state index is 0.0596. The van der Waals surface area contributed by atoms with Crippen molar-refractivity contribution in [2.75, 3.05) is 13.2 Å². The van der Waals surface area contributed by atoms with Gasteiger partial charge < -0.3 is 14.2 Å². The minimum Gasteiger partial charge on any atom is -0.494 e. The Kier molecular flexibility index (Phi) is 12.1. The van der Waals surface area contributed by atoms with Crippen LogP contribution in [0.3, 0.4) is 0 Å². The van der Waals surface area contributed by atoms with Crippen LogP contribution >= 0.6 is 11.6 Å². The number of hydrogen-bond donors (Lipinski definition) is 0. The molecule has 0 saturated heterocycles. The second-order valence-electron chi connectivity index (χ2n) is 10.5. The molecule has 4 aromatic carbocycles. The van der Waals surface area contributed by atoms with E-state index in [-0.39, 0.29) is 12.0 Å². The van der Waals surface area contributed by atoms with Gasteiger partial charge in [-0.2, -0.15) is 0 Å². The molecule has 0 spiro atoms. The highest BCUT2D eigenvalue weighted by Crippen LogP contribution is 2.25. The van der Waals surface area contributed by atoms with Crippen LogP contribution in [0.1, 0.15) is 48.6 Å². The molecule has 0 N–H and O–H groups in total. The predicted molar refractivity (Wildman–Crippen MR) is 170 cm³/mol. The zero-order valence-corrected chi connectivity index (χ0v) is 25.1. The summed E-state index contributed by atoms with van der Waals surface area (Å²) in [7, 11) is 0. The Bertz CT molecular complexity index is 1350. The van der Waals surface area contributed by atoms with Gasteiger partial charge in [0.25, 0.3) is 0 Å². The van der Waals surface area contributed by atoms with Crippen molar-refractivity contribution in [3.8, 4) is 5.75 Å². The summed E-state index contributed by atoms with van der Waals surface area (Å²) < 4.78 is 18.1. The summed E-state index contributed by atoms with van der Waals surface area (Å²) in [5.41, 5.74) is 7.19. The third kappa shape index (κ3) is 9.89. The molecule has 0 aromatic heterocycles. The Morgan fingerprint density at radius 3 is 2.07 bits per heavy atom. The Hall–Kier alpha value is -3.37. The topological polar surface area (TPSA) is 27.7 Å². The zero-order chi connectivity index (χ0) is 28.9. The van der Waals surface area contributed by atoms with E-state index < -0.39 is 0 Å². The third-order valence-electron chi connectivity index (χ3n) is 7.38. The summed E-state index contributed by atoms with van der Waals surface area (Å²) in [6.07, 6.45) is 3.87. The molecule has 0 fully saturated rings. The molecule has 0 heterocycles. The van der Waals surface area contributed by atoms with E-state index in [1.54, 1.807) is 0 Å². The molecule has 41 heavy (non-hydrogen) atoms. The van der Waals surface area contributed by atoms with Crippen LogP contribution in [-0.2, 0) is 35.5 Å². The maximum Gasteiger partial charge on any atom is 0.119 e. The largest absolute Gasteiger partial charge is 0.494 e. The van der Waals surface area contributed by atoms with E-state index in [0.717, 1.165) is 40.3 Å². The fourth-order valence-electron chi connectivity index (χ4n) is 4.72. The molecule has 0 aliphatic carbocycles. The molecule has 0 amide bonds. The van der Waals surface area contributed by atoms with Crippen LogP contribution in [0.4, 0.5) is 0 Å². The number of rotatable bonds is 15. The van der Waals surface area contributed by atoms with E-state index in [9.17, 15) is 0 Å². The van der Waals surface area contributed by atoms with E-state index >= 15 is 0 Å². The molecule has 0 aliphatic heterocycles. The molecule has 4 aromatic rings. The lowest BCUT2D eigenvalue weighted by molar-refractivity contribution is -0.0481. The van der Waals surface area contributed by atoms with E-state index in [2.05, 4.69) is 68.5 Å². The average Bonchev–Trinajstić information content (AvgIpc) is 3.01. The van der Waals surface area contributed by atoms with E-state index in [1.165, 1.54) is 16.7 Å². The lowest BCUT2D eigenvalue weighted by Gasteiger charge is -2.25. The monoisotopic (exact) mass is 568 g/mol. The number of ether oxygens (including phenoxy) is 3. The van der Waals surface area contributed by atoms with E-state index in [4.69, 9.17) is 25.8 Å². The molecule has 214 valence electrons. The van der Waals surface area contributed by atoms with Gasteiger partial charge in [0.2, 0.25) is 0 Å². The van der Waals surface area contributed by atoms with Crippen LogP contribution in [0, 0.1) is 5.92 Å². The van der Waals surface area contributed by atoms with Crippen molar-refractivity contribution in [1.82, 2.24) is 0 Å². The number of benzene rings is 4. The third-order valence-corrected chi connectivity index (χ3v) is 7.74. The van der Waals surface area contributed by atoms with Gasteiger partial charge in [-0.1, -0.05) is 115 Å². The Balaban J connectivity index is 1.40. The molecule has 0 saturated carbocycles. The van der Waals surface area contributed by atoms with Gasteiger partial charge in [-0.05, 0) is 72.7 Å². The Labute approximate surface area is 250 Å². The van der Waals surface area contributed by atoms with Crippen LogP contribution in [0.15, 0.2) is 115 Å². The van der Waals surface area contributed by atoms with Gasteiger partial charge in [0.15, 0.2) is 0 Å². The molecule has 4 rings (SSSR count). The first kappa shape index (κ1) is 30.6. The van der Waals surface area contributed by atoms with Gasteiger partial charge in [0.1, 0.15) is 5.75 Å². The quantitative estimate of drug-likeness (QED) is 0.134. The molecule has 0 bridgehead atoms. The van der Waals surface area contributed by atoms with E-state index in [1.807, 2.05) is 61.5 Å². The molecular weight excluding hydrogens is 528 g/mol. The van der Waals surface area contributed by atoms with Gasteiger partial charge in [-0.25, -0.2) is 0 Å². The predicted octanol–water partition coefficient (Wildman–Crippen LogP) is 9.26. The summed E-state index contributed by atoms with van der Waals surface area (Å²) in [5, 5.41) is 0.793. The lowest BCUT2D eigenvalue weighted by atomic mass is 9.94. The van der Waals surface area contributed by atoms with Gasteiger partial charge >= 0.3 is 0 Å².